The van der Waals surface area contributed by atoms with E-state index in [1.807, 2.05) is 0 Å². The van der Waals surface area contributed by atoms with Crippen LogP contribution in [0.15, 0.2) is 52.0 Å². The smallest absolute Gasteiger partial charge is 0.416 e. The second-order valence-electron chi connectivity index (χ2n) is 6.08. The summed E-state index contributed by atoms with van der Waals surface area (Å²) in [6.45, 7) is 0.232. The molecular formula is C19H15F3N2O3S2. The molecule has 1 saturated heterocycles. The lowest BCUT2D eigenvalue weighted by Crippen LogP contribution is -2.29. The van der Waals surface area contributed by atoms with Crippen LogP contribution >= 0.6 is 24.0 Å². The molecule has 2 aromatic rings. The zero-order valence-corrected chi connectivity index (χ0v) is 16.5. The Morgan fingerprint density at radius 2 is 2.07 bits per heavy atom. The van der Waals surface area contributed by atoms with E-state index in [0.717, 1.165) is 23.9 Å². The van der Waals surface area contributed by atoms with E-state index in [4.69, 9.17) is 16.6 Å². The fourth-order valence-corrected chi connectivity index (χ4v) is 3.88. The Morgan fingerprint density at radius 1 is 1.28 bits per heavy atom. The fourth-order valence-electron chi connectivity index (χ4n) is 2.59. The second-order valence-corrected chi connectivity index (χ2v) is 7.75. The Balaban J connectivity index is 1.51. The summed E-state index contributed by atoms with van der Waals surface area (Å²) in [6.07, 6.45) is -1.05. The monoisotopic (exact) mass is 440 g/mol. The van der Waals surface area contributed by atoms with E-state index in [-0.39, 0.29) is 24.6 Å². The van der Waals surface area contributed by atoms with Crippen molar-refractivity contribution in [3.05, 3.63) is 58.9 Å². The van der Waals surface area contributed by atoms with Crippen molar-refractivity contribution >= 4 is 51.9 Å². The SMILES string of the molecule is O=C(CCCN1C(=O)/C(=C/c2ccco2)SC1=S)Nc1cccc(C(F)(F)F)c1. The Labute approximate surface area is 173 Å². The summed E-state index contributed by atoms with van der Waals surface area (Å²) in [6, 6.07) is 7.83. The third kappa shape index (κ3) is 5.48. The maximum atomic E-state index is 12.7. The van der Waals surface area contributed by atoms with E-state index in [9.17, 15) is 22.8 Å². The molecule has 2 amide bonds. The Morgan fingerprint density at radius 3 is 2.76 bits per heavy atom. The van der Waals surface area contributed by atoms with Gasteiger partial charge in [-0.15, -0.1) is 0 Å². The van der Waals surface area contributed by atoms with Crippen LogP contribution in [0.2, 0.25) is 0 Å². The number of halogens is 3. The van der Waals surface area contributed by atoms with Crippen molar-refractivity contribution < 1.29 is 27.2 Å². The highest BCUT2D eigenvalue weighted by Crippen LogP contribution is 2.33. The number of anilines is 1. The molecule has 1 fully saturated rings. The molecule has 0 radical (unpaired) electrons. The van der Waals surface area contributed by atoms with E-state index < -0.39 is 17.6 Å². The molecule has 0 unspecified atom stereocenters. The molecule has 0 aliphatic carbocycles. The van der Waals surface area contributed by atoms with Crippen LogP contribution in [0.1, 0.15) is 24.2 Å². The number of nitrogens with one attached hydrogen (secondary N) is 1. The van der Waals surface area contributed by atoms with Gasteiger partial charge in [0.1, 0.15) is 10.1 Å². The maximum Gasteiger partial charge on any atom is 0.416 e. The summed E-state index contributed by atoms with van der Waals surface area (Å²) >= 11 is 6.36. The number of nitrogens with zero attached hydrogens (tertiary/aromatic N) is 1. The van der Waals surface area contributed by atoms with Crippen molar-refractivity contribution in [2.45, 2.75) is 19.0 Å². The molecule has 1 aromatic heterocycles. The molecule has 29 heavy (non-hydrogen) atoms. The number of rotatable bonds is 6. The van der Waals surface area contributed by atoms with Gasteiger partial charge in [-0.1, -0.05) is 30.0 Å². The number of benzene rings is 1. The lowest BCUT2D eigenvalue weighted by molar-refractivity contribution is -0.137. The average molecular weight is 440 g/mol. The van der Waals surface area contributed by atoms with Gasteiger partial charge in [0.2, 0.25) is 5.91 Å². The van der Waals surface area contributed by atoms with Crippen LogP contribution in [-0.2, 0) is 15.8 Å². The van der Waals surface area contributed by atoms with Gasteiger partial charge in [-0.25, -0.2) is 0 Å². The number of hydrogen-bond donors (Lipinski definition) is 1. The van der Waals surface area contributed by atoms with Gasteiger partial charge in [0.25, 0.3) is 5.91 Å². The van der Waals surface area contributed by atoms with Crippen LogP contribution in [0.3, 0.4) is 0 Å². The minimum atomic E-state index is -4.48. The van der Waals surface area contributed by atoms with E-state index >= 15 is 0 Å². The number of amides is 2. The molecule has 2 heterocycles. The third-order valence-electron chi connectivity index (χ3n) is 3.95. The van der Waals surface area contributed by atoms with E-state index in [1.165, 1.54) is 23.3 Å². The number of hydrogen-bond acceptors (Lipinski definition) is 5. The first kappa shape index (κ1) is 21.1. The molecule has 1 aliphatic rings. The van der Waals surface area contributed by atoms with E-state index in [0.29, 0.717) is 21.4 Å². The van der Waals surface area contributed by atoms with Gasteiger partial charge in [-0.2, -0.15) is 13.2 Å². The highest BCUT2D eigenvalue weighted by Gasteiger charge is 2.32. The topological polar surface area (TPSA) is 62.6 Å². The van der Waals surface area contributed by atoms with Crippen LogP contribution in [0.5, 0.6) is 0 Å². The van der Waals surface area contributed by atoms with Crippen molar-refractivity contribution in [1.29, 1.82) is 0 Å². The lowest BCUT2D eigenvalue weighted by Gasteiger charge is -2.14. The van der Waals surface area contributed by atoms with E-state index in [2.05, 4.69) is 5.32 Å². The molecule has 5 nitrogen and oxygen atoms in total. The molecule has 1 aromatic carbocycles. The normalized spacial score (nSPS) is 16.0. The Hall–Kier alpha value is -2.59. The van der Waals surface area contributed by atoms with Crippen molar-refractivity contribution in [1.82, 2.24) is 4.90 Å². The van der Waals surface area contributed by atoms with Gasteiger partial charge in [0.05, 0.1) is 16.7 Å². The van der Waals surface area contributed by atoms with Crippen LogP contribution in [0, 0.1) is 0 Å². The highest BCUT2D eigenvalue weighted by molar-refractivity contribution is 8.26. The minimum absolute atomic E-state index is 0.0323. The summed E-state index contributed by atoms with van der Waals surface area (Å²) in [5, 5.41) is 2.44. The molecule has 1 aliphatic heterocycles. The first-order valence-corrected chi connectivity index (χ1v) is 9.72. The Bertz CT molecular complexity index is 956. The number of carbonyl (C=O) groups excluding carboxylic acids is 2. The molecule has 0 atom stereocenters. The zero-order valence-electron chi connectivity index (χ0n) is 14.9. The maximum absolute atomic E-state index is 12.7. The summed E-state index contributed by atoms with van der Waals surface area (Å²) in [5.74, 6) is -0.179. The number of thiocarbonyl (C=S) groups is 1. The van der Waals surface area contributed by atoms with Gasteiger partial charge >= 0.3 is 6.18 Å². The summed E-state index contributed by atoms with van der Waals surface area (Å²) < 4.78 is 43.8. The predicted octanol–water partition coefficient (Wildman–Crippen LogP) is 4.92. The van der Waals surface area contributed by atoms with Crippen molar-refractivity contribution in [3.63, 3.8) is 0 Å². The predicted molar refractivity (Wildman–Crippen MR) is 108 cm³/mol. The lowest BCUT2D eigenvalue weighted by atomic mass is 10.2. The summed E-state index contributed by atoms with van der Waals surface area (Å²) in [4.78, 5) is 26.3. The van der Waals surface area contributed by atoms with Gasteiger partial charge in [-0.05, 0) is 36.8 Å². The standard InChI is InChI=1S/C19H15F3N2O3S2/c20-19(21,22)12-4-1-5-13(10-12)23-16(25)7-2-8-24-17(26)15(29-18(24)28)11-14-6-3-9-27-14/h1,3-6,9-11H,2,7-8H2,(H,23,25)/b15-11-. The van der Waals surface area contributed by atoms with Crippen LogP contribution < -0.4 is 5.32 Å². The van der Waals surface area contributed by atoms with Gasteiger partial charge in [0, 0.05) is 24.7 Å². The van der Waals surface area contributed by atoms with Crippen molar-refractivity contribution in [2.24, 2.45) is 0 Å². The molecule has 10 heteroatoms. The quantitative estimate of drug-likeness (QED) is 0.510. The number of carbonyl (C=O) groups is 2. The van der Waals surface area contributed by atoms with E-state index in [1.54, 1.807) is 18.2 Å². The third-order valence-corrected chi connectivity index (χ3v) is 5.33. The molecular weight excluding hydrogens is 425 g/mol. The second kappa shape index (κ2) is 8.83. The summed E-state index contributed by atoms with van der Waals surface area (Å²) in [7, 11) is 0. The molecule has 152 valence electrons. The fraction of sp³-hybridized carbons (Fsp3) is 0.211. The highest BCUT2D eigenvalue weighted by atomic mass is 32.2. The average Bonchev–Trinajstić information content (AvgIpc) is 3.25. The van der Waals surface area contributed by atoms with Crippen molar-refractivity contribution in [2.75, 3.05) is 11.9 Å². The molecule has 0 saturated carbocycles. The molecule has 1 N–H and O–H groups in total. The van der Waals surface area contributed by atoms with Crippen LogP contribution in [0.25, 0.3) is 6.08 Å². The molecule has 3 rings (SSSR count). The van der Waals surface area contributed by atoms with Gasteiger partial charge < -0.3 is 9.73 Å². The minimum Gasteiger partial charge on any atom is -0.465 e. The first-order valence-electron chi connectivity index (χ1n) is 8.50. The number of alkyl halides is 3. The van der Waals surface area contributed by atoms with Crippen molar-refractivity contribution in [3.8, 4) is 0 Å². The number of thioether (sulfide) groups is 1. The van der Waals surface area contributed by atoms with Gasteiger partial charge in [-0.3, -0.25) is 14.5 Å². The largest absolute Gasteiger partial charge is 0.465 e. The summed E-state index contributed by atoms with van der Waals surface area (Å²) in [5.41, 5.74) is -0.770. The Kier molecular flexibility index (Phi) is 6.43. The molecule has 0 spiro atoms. The first-order chi connectivity index (χ1) is 13.7. The van der Waals surface area contributed by atoms with Crippen LogP contribution in [0.4, 0.5) is 18.9 Å². The molecule has 0 bridgehead atoms. The number of furan rings is 1. The zero-order chi connectivity index (χ0) is 21.0. The van der Waals surface area contributed by atoms with Gasteiger partial charge in [0.15, 0.2) is 0 Å². The van der Waals surface area contributed by atoms with Crippen LogP contribution in [-0.4, -0.2) is 27.6 Å².